The molecule has 0 radical (unpaired) electrons. The maximum atomic E-state index is 12.8. The van der Waals surface area contributed by atoms with Crippen LogP contribution in [0.4, 0.5) is 5.69 Å². The molecule has 1 aromatic heterocycles. The third-order valence-electron chi connectivity index (χ3n) is 5.16. The van der Waals surface area contributed by atoms with E-state index in [1.54, 1.807) is 28.8 Å². The lowest BCUT2D eigenvalue weighted by Crippen LogP contribution is -2.28. The highest BCUT2D eigenvalue weighted by molar-refractivity contribution is 6.02. The first-order chi connectivity index (χ1) is 14.2. The van der Waals surface area contributed by atoms with Gasteiger partial charge in [0, 0.05) is 24.7 Å². The van der Waals surface area contributed by atoms with Crippen LogP contribution < -0.4 is 20.3 Å². The van der Waals surface area contributed by atoms with E-state index in [0.717, 1.165) is 30.7 Å². The number of carbonyl (C=O) groups is 1. The molecule has 5 rings (SSSR count). The highest BCUT2D eigenvalue weighted by atomic mass is 16.7. The average molecular weight is 389 g/mol. The molecule has 7 nitrogen and oxygen atoms in total. The first kappa shape index (κ1) is 17.5. The summed E-state index contributed by atoms with van der Waals surface area (Å²) in [5.41, 5.74) is 2.01. The molecule has 1 amide bonds. The standard InChI is InChI=1S/C22H19N3O4/c26-21(9-5-14-4-8-18-19(11-14)29-13-28-18)23-15-6-7-17-16(12-15)22(27)25-10-2-1-3-20(25)24-17/h4-9,11-12H,1-3,10,13H2,(H,23,26). The molecule has 0 spiro atoms. The molecule has 0 bridgehead atoms. The van der Waals surface area contributed by atoms with Crippen molar-refractivity contribution in [2.45, 2.75) is 25.8 Å². The summed E-state index contributed by atoms with van der Waals surface area (Å²) in [5.74, 6) is 1.92. The van der Waals surface area contributed by atoms with Crippen molar-refractivity contribution < 1.29 is 14.3 Å². The summed E-state index contributed by atoms with van der Waals surface area (Å²) >= 11 is 0. The number of benzene rings is 2. The minimum atomic E-state index is -0.284. The lowest BCUT2D eigenvalue weighted by molar-refractivity contribution is -0.111. The zero-order valence-corrected chi connectivity index (χ0v) is 15.7. The summed E-state index contributed by atoms with van der Waals surface area (Å²) in [6.07, 6.45) is 6.02. The number of rotatable bonds is 3. The predicted molar refractivity (Wildman–Crippen MR) is 109 cm³/mol. The fraction of sp³-hybridized carbons (Fsp3) is 0.227. The molecule has 0 atom stereocenters. The number of anilines is 1. The summed E-state index contributed by atoms with van der Waals surface area (Å²) in [4.78, 5) is 29.7. The molecular weight excluding hydrogens is 370 g/mol. The Balaban J connectivity index is 1.36. The first-order valence-electron chi connectivity index (χ1n) is 9.59. The molecule has 3 aromatic rings. The molecule has 2 aromatic carbocycles. The summed E-state index contributed by atoms with van der Waals surface area (Å²) in [5, 5.41) is 3.33. The second-order valence-corrected chi connectivity index (χ2v) is 7.11. The van der Waals surface area contributed by atoms with Crippen LogP contribution in [-0.4, -0.2) is 22.3 Å². The summed E-state index contributed by atoms with van der Waals surface area (Å²) in [6.45, 7) is 0.912. The van der Waals surface area contributed by atoms with Crippen LogP contribution in [0.25, 0.3) is 17.0 Å². The van der Waals surface area contributed by atoms with E-state index >= 15 is 0 Å². The van der Waals surface area contributed by atoms with Gasteiger partial charge in [0.15, 0.2) is 11.5 Å². The highest BCUT2D eigenvalue weighted by Gasteiger charge is 2.15. The number of aromatic nitrogens is 2. The Labute approximate surface area is 166 Å². The van der Waals surface area contributed by atoms with Crippen LogP contribution in [-0.2, 0) is 17.8 Å². The first-order valence-corrected chi connectivity index (χ1v) is 9.59. The minimum Gasteiger partial charge on any atom is -0.454 e. The molecule has 0 unspecified atom stereocenters. The van der Waals surface area contributed by atoms with Gasteiger partial charge in [-0.25, -0.2) is 4.98 Å². The second kappa shape index (κ2) is 7.09. The second-order valence-electron chi connectivity index (χ2n) is 7.11. The van der Waals surface area contributed by atoms with Crippen molar-refractivity contribution in [2.75, 3.05) is 12.1 Å². The number of hydrogen-bond donors (Lipinski definition) is 1. The fourth-order valence-corrected chi connectivity index (χ4v) is 3.69. The molecule has 3 heterocycles. The van der Waals surface area contributed by atoms with Crippen LogP contribution in [0.1, 0.15) is 24.2 Å². The zero-order valence-electron chi connectivity index (χ0n) is 15.7. The number of carbonyl (C=O) groups excluding carboxylic acids is 1. The van der Waals surface area contributed by atoms with E-state index in [4.69, 9.17) is 9.47 Å². The molecule has 0 fully saturated rings. The number of ether oxygens (including phenoxy) is 2. The van der Waals surface area contributed by atoms with Gasteiger partial charge in [-0.2, -0.15) is 0 Å². The van der Waals surface area contributed by atoms with Crippen molar-refractivity contribution in [3.05, 3.63) is 64.2 Å². The lowest BCUT2D eigenvalue weighted by atomic mass is 10.1. The van der Waals surface area contributed by atoms with Crippen LogP contribution in [0, 0.1) is 0 Å². The Bertz CT molecular complexity index is 1210. The van der Waals surface area contributed by atoms with Gasteiger partial charge in [0.2, 0.25) is 12.7 Å². The van der Waals surface area contributed by atoms with Gasteiger partial charge in [-0.15, -0.1) is 0 Å². The Morgan fingerprint density at radius 2 is 2.00 bits per heavy atom. The van der Waals surface area contributed by atoms with Gasteiger partial charge in [0.1, 0.15) is 5.82 Å². The van der Waals surface area contributed by atoms with Gasteiger partial charge in [-0.3, -0.25) is 14.2 Å². The Morgan fingerprint density at radius 3 is 2.93 bits per heavy atom. The van der Waals surface area contributed by atoms with E-state index in [2.05, 4.69) is 10.3 Å². The van der Waals surface area contributed by atoms with Crippen molar-refractivity contribution in [1.82, 2.24) is 9.55 Å². The number of fused-ring (bicyclic) bond motifs is 3. The van der Waals surface area contributed by atoms with Gasteiger partial charge in [-0.05, 0) is 54.8 Å². The lowest BCUT2D eigenvalue weighted by Gasteiger charge is -2.17. The third kappa shape index (κ3) is 3.35. The fourth-order valence-electron chi connectivity index (χ4n) is 3.69. The van der Waals surface area contributed by atoms with Crippen molar-refractivity contribution >= 4 is 28.6 Å². The van der Waals surface area contributed by atoms with Crippen LogP contribution >= 0.6 is 0 Å². The van der Waals surface area contributed by atoms with Crippen LogP contribution in [0.15, 0.2) is 47.3 Å². The van der Waals surface area contributed by atoms with E-state index in [1.807, 2.05) is 18.2 Å². The zero-order chi connectivity index (χ0) is 19.8. The summed E-state index contributed by atoms with van der Waals surface area (Å²) in [6, 6.07) is 10.7. The van der Waals surface area contributed by atoms with Crippen LogP contribution in [0.2, 0.25) is 0 Å². The quantitative estimate of drug-likeness (QED) is 0.696. The molecule has 0 saturated carbocycles. The molecule has 0 saturated heterocycles. The normalized spacial score (nSPS) is 14.9. The molecule has 29 heavy (non-hydrogen) atoms. The van der Waals surface area contributed by atoms with Crippen molar-refractivity contribution in [1.29, 1.82) is 0 Å². The van der Waals surface area contributed by atoms with Crippen molar-refractivity contribution in [3.63, 3.8) is 0 Å². The monoisotopic (exact) mass is 389 g/mol. The Kier molecular flexibility index (Phi) is 4.27. The molecule has 0 aliphatic carbocycles. The molecule has 2 aliphatic heterocycles. The number of nitrogens with one attached hydrogen (secondary N) is 1. The van der Waals surface area contributed by atoms with Crippen LogP contribution in [0.5, 0.6) is 11.5 Å². The Morgan fingerprint density at radius 1 is 1.10 bits per heavy atom. The van der Waals surface area contributed by atoms with E-state index in [-0.39, 0.29) is 18.3 Å². The molecule has 146 valence electrons. The SMILES string of the molecule is O=C(C=Cc1ccc2c(c1)OCO2)Nc1ccc2nc3n(c(=O)c2c1)CCCC3. The number of aryl methyl sites for hydroxylation is 1. The van der Waals surface area contributed by atoms with E-state index < -0.39 is 0 Å². The number of hydrogen-bond acceptors (Lipinski definition) is 5. The molecule has 2 aliphatic rings. The van der Waals surface area contributed by atoms with Gasteiger partial charge in [-0.1, -0.05) is 6.07 Å². The molecule has 1 N–H and O–H groups in total. The van der Waals surface area contributed by atoms with Crippen molar-refractivity contribution in [3.8, 4) is 11.5 Å². The van der Waals surface area contributed by atoms with Gasteiger partial charge < -0.3 is 14.8 Å². The largest absolute Gasteiger partial charge is 0.454 e. The maximum absolute atomic E-state index is 12.8. The third-order valence-corrected chi connectivity index (χ3v) is 5.16. The molecule has 7 heteroatoms. The van der Waals surface area contributed by atoms with E-state index in [1.165, 1.54) is 6.08 Å². The van der Waals surface area contributed by atoms with E-state index in [9.17, 15) is 9.59 Å². The smallest absolute Gasteiger partial charge is 0.261 e. The van der Waals surface area contributed by atoms with Gasteiger partial charge in [0.25, 0.3) is 5.56 Å². The maximum Gasteiger partial charge on any atom is 0.261 e. The minimum absolute atomic E-state index is 0.0447. The molecular formula is C22H19N3O4. The van der Waals surface area contributed by atoms with E-state index in [0.29, 0.717) is 34.6 Å². The topological polar surface area (TPSA) is 82.4 Å². The highest BCUT2D eigenvalue weighted by Crippen LogP contribution is 2.32. The van der Waals surface area contributed by atoms with Gasteiger partial charge >= 0.3 is 0 Å². The van der Waals surface area contributed by atoms with Gasteiger partial charge in [0.05, 0.1) is 10.9 Å². The average Bonchev–Trinajstić information content (AvgIpc) is 3.21. The van der Waals surface area contributed by atoms with Crippen molar-refractivity contribution in [2.24, 2.45) is 0 Å². The summed E-state index contributed by atoms with van der Waals surface area (Å²) in [7, 11) is 0. The van der Waals surface area contributed by atoms with Crippen LogP contribution in [0.3, 0.4) is 0 Å². The number of amides is 1. The predicted octanol–water partition coefficient (Wildman–Crippen LogP) is 3.11. The number of nitrogens with zero attached hydrogens (tertiary/aromatic N) is 2. The summed E-state index contributed by atoms with van der Waals surface area (Å²) < 4.78 is 12.4. The Hall–Kier alpha value is -3.61.